The maximum absolute atomic E-state index is 12.0. The lowest BCUT2D eigenvalue weighted by molar-refractivity contribution is -0.139. The molecule has 1 fully saturated rings. The fourth-order valence-electron chi connectivity index (χ4n) is 1.70. The monoisotopic (exact) mass is 284 g/mol. The minimum atomic E-state index is -1.06. The van der Waals surface area contributed by atoms with Gasteiger partial charge in [0.1, 0.15) is 6.04 Å². The van der Waals surface area contributed by atoms with Gasteiger partial charge in [0.15, 0.2) is 5.11 Å². The molecule has 1 aromatic rings. The van der Waals surface area contributed by atoms with E-state index in [1.807, 2.05) is 0 Å². The highest BCUT2D eigenvalue weighted by molar-refractivity contribution is 7.80. The van der Waals surface area contributed by atoms with E-state index in [0.717, 1.165) is 0 Å². The first-order chi connectivity index (χ1) is 8.49. The van der Waals surface area contributed by atoms with E-state index >= 15 is 0 Å². The summed E-state index contributed by atoms with van der Waals surface area (Å²) in [6.45, 7) is 0. The summed E-state index contributed by atoms with van der Waals surface area (Å²) < 4.78 is 0. The van der Waals surface area contributed by atoms with Crippen molar-refractivity contribution in [3.8, 4) is 0 Å². The number of aliphatic carboxylic acids is 1. The third-order valence-electron chi connectivity index (χ3n) is 2.46. The summed E-state index contributed by atoms with van der Waals surface area (Å²) >= 11 is 10.9. The van der Waals surface area contributed by atoms with E-state index in [1.165, 1.54) is 4.90 Å². The summed E-state index contributed by atoms with van der Waals surface area (Å²) in [4.78, 5) is 23.9. The van der Waals surface area contributed by atoms with E-state index in [0.29, 0.717) is 10.7 Å². The van der Waals surface area contributed by atoms with Crippen LogP contribution in [0.4, 0.5) is 5.69 Å². The highest BCUT2D eigenvalue weighted by atomic mass is 35.5. The molecular formula is C11H9ClN2O3S. The molecule has 2 N–H and O–H groups in total. The van der Waals surface area contributed by atoms with Gasteiger partial charge in [0.05, 0.1) is 12.1 Å². The number of benzene rings is 1. The van der Waals surface area contributed by atoms with Gasteiger partial charge in [-0.2, -0.15) is 0 Å². The van der Waals surface area contributed by atoms with Gasteiger partial charge in [-0.1, -0.05) is 17.7 Å². The summed E-state index contributed by atoms with van der Waals surface area (Å²) in [5, 5.41) is 12.1. The molecule has 0 bridgehead atoms. The van der Waals surface area contributed by atoms with Crippen molar-refractivity contribution in [3.63, 3.8) is 0 Å². The summed E-state index contributed by atoms with van der Waals surface area (Å²) in [7, 11) is 0. The predicted octanol–water partition coefficient (Wildman–Crippen LogP) is 1.40. The number of thiocarbonyl (C=S) groups is 1. The van der Waals surface area contributed by atoms with Crippen molar-refractivity contribution in [1.29, 1.82) is 0 Å². The van der Waals surface area contributed by atoms with Crippen molar-refractivity contribution < 1.29 is 14.7 Å². The van der Waals surface area contributed by atoms with Crippen LogP contribution >= 0.6 is 23.8 Å². The van der Waals surface area contributed by atoms with E-state index in [1.54, 1.807) is 24.3 Å². The minimum absolute atomic E-state index is 0.188. The van der Waals surface area contributed by atoms with Crippen molar-refractivity contribution in [2.45, 2.75) is 12.5 Å². The number of amides is 1. The third-order valence-corrected chi connectivity index (χ3v) is 3.00. The van der Waals surface area contributed by atoms with Gasteiger partial charge in [0, 0.05) is 5.02 Å². The van der Waals surface area contributed by atoms with Crippen LogP contribution in [0.15, 0.2) is 24.3 Å². The molecule has 94 valence electrons. The van der Waals surface area contributed by atoms with Crippen LogP contribution in [0.5, 0.6) is 0 Å². The number of carboxylic acids is 1. The Labute approximate surface area is 113 Å². The van der Waals surface area contributed by atoms with Gasteiger partial charge in [-0.15, -0.1) is 0 Å². The first kappa shape index (κ1) is 12.8. The van der Waals surface area contributed by atoms with E-state index in [9.17, 15) is 9.59 Å². The largest absolute Gasteiger partial charge is 0.481 e. The van der Waals surface area contributed by atoms with Crippen LogP contribution in [0.25, 0.3) is 0 Å². The Morgan fingerprint density at radius 2 is 2.28 bits per heavy atom. The molecule has 18 heavy (non-hydrogen) atoms. The van der Waals surface area contributed by atoms with E-state index in [-0.39, 0.29) is 17.4 Å². The highest BCUT2D eigenvalue weighted by Gasteiger charge is 2.37. The quantitative estimate of drug-likeness (QED) is 0.821. The topological polar surface area (TPSA) is 69.6 Å². The molecule has 1 aliphatic heterocycles. The lowest BCUT2D eigenvalue weighted by atomic mass is 10.2. The Kier molecular flexibility index (Phi) is 3.49. The van der Waals surface area contributed by atoms with Gasteiger partial charge in [-0.25, -0.2) is 0 Å². The lowest BCUT2D eigenvalue weighted by Gasteiger charge is -2.14. The van der Waals surface area contributed by atoms with Gasteiger partial charge in [-0.3, -0.25) is 14.5 Å². The molecule has 0 spiro atoms. The molecule has 1 unspecified atom stereocenters. The minimum Gasteiger partial charge on any atom is -0.481 e. The zero-order valence-electron chi connectivity index (χ0n) is 9.09. The first-order valence-corrected chi connectivity index (χ1v) is 5.89. The van der Waals surface area contributed by atoms with E-state index < -0.39 is 12.0 Å². The molecule has 1 aliphatic rings. The van der Waals surface area contributed by atoms with Crippen LogP contribution in [0.1, 0.15) is 6.42 Å². The average molecular weight is 285 g/mol. The second kappa shape index (κ2) is 4.91. The smallest absolute Gasteiger partial charge is 0.305 e. The molecule has 1 aromatic carbocycles. The lowest BCUT2D eigenvalue weighted by Crippen LogP contribution is -2.32. The highest BCUT2D eigenvalue weighted by Crippen LogP contribution is 2.23. The number of rotatable bonds is 3. The second-order valence-corrected chi connectivity index (χ2v) is 4.58. The molecule has 1 heterocycles. The van der Waals surface area contributed by atoms with Crippen LogP contribution in [0.3, 0.4) is 0 Å². The Balaban J connectivity index is 2.27. The van der Waals surface area contributed by atoms with Crippen molar-refractivity contribution in [2.75, 3.05) is 4.90 Å². The van der Waals surface area contributed by atoms with Gasteiger partial charge < -0.3 is 10.4 Å². The second-order valence-electron chi connectivity index (χ2n) is 3.75. The SMILES string of the molecule is O=C(O)CC1NC(=S)N(c2cccc(Cl)c2)C1=O. The number of halogens is 1. The molecule has 7 heteroatoms. The Hall–Kier alpha value is -1.66. The molecule has 0 aromatic heterocycles. The summed E-state index contributed by atoms with van der Waals surface area (Å²) in [5.41, 5.74) is 0.526. The number of carbonyl (C=O) groups excluding carboxylic acids is 1. The van der Waals surface area contributed by atoms with Crippen molar-refractivity contribution in [1.82, 2.24) is 5.32 Å². The van der Waals surface area contributed by atoms with Crippen molar-refractivity contribution in [3.05, 3.63) is 29.3 Å². The number of carboxylic acid groups (broad SMARTS) is 1. The molecule has 2 rings (SSSR count). The van der Waals surface area contributed by atoms with Gasteiger partial charge in [0.2, 0.25) is 0 Å². The van der Waals surface area contributed by atoms with Crippen LogP contribution in [-0.4, -0.2) is 28.1 Å². The van der Waals surface area contributed by atoms with Crippen LogP contribution in [0, 0.1) is 0 Å². The van der Waals surface area contributed by atoms with E-state index in [2.05, 4.69) is 5.32 Å². The fraction of sp³-hybridized carbons (Fsp3) is 0.182. The molecule has 0 aliphatic carbocycles. The standard InChI is InChI=1S/C11H9ClN2O3S/c12-6-2-1-3-7(4-6)14-10(17)8(5-9(15)16)13-11(14)18/h1-4,8H,5H2,(H,13,18)(H,15,16). The van der Waals surface area contributed by atoms with E-state index in [4.69, 9.17) is 28.9 Å². The zero-order chi connectivity index (χ0) is 13.3. The maximum atomic E-state index is 12.0. The van der Waals surface area contributed by atoms with Crippen molar-refractivity contribution in [2.24, 2.45) is 0 Å². The van der Waals surface area contributed by atoms with Crippen molar-refractivity contribution >= 4 is 46.5 Å². The Morgan fingerprint density at radius 1 is 1.56 bits per heavy atom. The number of anilines is 1. The molecule has 0 radical (unpaired) electrons. The van der Waals surface area contributed by atoms with Gasteiger partial charge in [0.25, 0.3) is 5.91 Å². The number of hydrogen-bond donors (Lipinski definition) is 2. The molecule has 5 nitrogen and oxygen atoms in total. The van der Waals surface area contributed by atoms with Gasteiger partial charge >= 0.3 is 5.97 Å². The Morgan fingerprint density at radius 3 is 2.89 bits per heavy atom. The third kappa shape index (κ3) is 2.44. The predicted molar refractivity (Wildman–Crippen MR) is 70.7 cm³/mol. The summed E-state index contributed by atoms with van der Waals surface area (Å²) in [5.74, 6) is -1.44. The molecular weight excluding hydrogens is 276 g/mol. The zero-order valence-corrected chi connectivity index (χ0v) is 10.7. The average Bonchev–Trinajstić information content (AvgIpc) is 2.53. The molecule has 1 saturated heterocycles. The molecule has 1 atom stereocenters. The fourth-order valence-corrected chi connectivity index (χ4v) is 2.23. The maximum Gasteiger partial charge on any atom is 0.305 e. The van der Waals surface area contributed by atoms with Crippen LogP contribution in [-0.2, 0) is 9.59 Å². The number of carbonyl (C=O) groups is 2. The first-order valence-electron chi connectivity index (χ1n) is 5.11. The normalized spacial score (nSPS) is 18.9. The molecule has 1 amide bonds. The number of nitrogens with one attached hydrogen (secondary N) is 1. The number of hydrogen-bond acceptors (Lipinski definition) is 3. The summed E-state index contributed by atoms with van der Waals surface area (Å²) in [6, 6.07) is 5.82. The Bertz CT molecular complexity index is 535. The summed E-state index contributed by atoms with van der Waals surface area (Å²) in [6.07, 6.45) is -0.309. The molecule has 0 saturated carbocycles. The van der Waals surface area contributed by atoms with Crippen LogP contribution in [0.2, 0.25) is 5.02 Å². The van der Waals surface area contributed by atoms with Gasteiger partial charge in [-0.05, 0) is 30.4 Å². The number of nitrogens with zero attached hydrogens (tertiary/aromatic N) is 1. The van der Waals surface area contributed by atoms with Crippen LogP contribution < -0.4 is 10.2 Å².